The molecular formula is C23H28N4O3. The van der Waals surface area contributed by atoms with Crippen LogP contribution >= 0.6 is 0 Å². The summed E-state index contributed by atoms with van der Waals surface area (Å²) in [5.74, 6) is 1.41. The highest BCUT2D eigenvalue weighted by atomic mass is 16.5. The molecular weight excluding hydrogens is 380 g/mol. The van der Waals surface area contributed by atoms with Crippen molar-refractivity contribution in [2.75, 3.05) is 19.0 Å². The molecule has 3 aromatic rings. The Balaban J connectivity index is 1.87. The van der Waals surface area contributed by atoms with Gasteiger partial charge in [-0.3, -0.25) is 9.48 Å². The molecule has 3 rings (SSSR count). The lowest BCUT2D eigenvalue weighted by Gasteiger charge is -2.19. The molecule has 0 radical (unpaired) electrons. The van der Waals surface area contributed by atoms with Gasteiger partial charge in [0.25, 0.3) is 5.91 Å². The lowest BCUT2D eigenvalue weighted by Crippen LogP contribution is -2.33. The van der Waals surface area contributed by atoms with Gasteiger partial charge in [-0.15, -0.1) is 0 Å². The number of hydrogen-bond donors (Lipinski definition) is 2. The molecule has 1 aromatic heterocycles. The number of rotatable bonds is 8. The number of amides is 1. The van der Waals surface area contributed by atoms with Crippen LogP contribution in [0.25, 0.3) is 11.3 Å². The number of aryl methyl sites for hydroxylation is 1. The van der Waals surface area contributed by atoms with Gasteiger partial charge in [0.1, 0.15) is 18.1 Å². The number of benzene rings is 2. The molecule has 0 spiro atoms. The van der Waals surface area contributed by atoms with Crippen LogP contribution in [0.15, 0.2) is 54.7 Å². The van der Waals surface area contributed by atoms with Crippen LogP contribution in [-0.4, -0.2) is 35.4 Å². The Kier molecular flexibility index (Phi) is 6.74. The Bertz CT molecular complexity index is 1010. The first kappa shape index (κ1) is 21.4. The second-order valence-electron chi connectivity index (χ2n) is 7.46. The molecule has 0 fully saturated rings. The molecule has 1 atom stereocenters. The fraction of sp³-hybridized carbons (Fsp3) is 0.304. The molecule has 0 aliphatic carbocycles. The monoisotopic (exact) mass is 408 g/mol. The average Bonchev–Trinajstić information content (AvgIpc) is 3.18. The van der Waals surface area contributed by atoms with Gasteiger partial charge >= 0.3 is 0 Å². The predicted molar refractivity (Wildman–Crippen MR) is 118 cm³/mol. The van der Waals surface area contributed by atoms with Crippen LogP contribution < -0.4 is 20.5 Å². The third-order valence-electron chi connectivity index (χ3n) is 4.95. The number of anilines is 1. The molecule has 1 heterocycles. The van der Waals surface area contributed by atoms with Crippen LogP contribution in [0.4, 0.5) is 5.69 Å². The fourth-order valence-electron chi connectivity index (χ4n) is 2.92. The first-order valence-corrected chi connectivity index (χ1v) is 9.85. The first-order valence-electron chi connectivity index (χ1n) is 9.85. The van der Waals surface area contributed by atoms with Crippen molar-refractivity contribution in [1.82, 2.24) is 9.78 Å². The molecule has 30 heavy (non-hydrogen) atoms. The zero-order valence-electron chi connectivity index (χ0n) is 17.8. The lowest BCUT2D eigenvalue weighted by molar-refractivity contribution is 0.102. The molecule has 0 aliphatic heterocycles. The number of nitrogens with two attached hydrogens (primary N) is 1. The Morgan fingerprint density at radius 2 is 2.00 bits per heavy atom. The van der Waals surface area contributed by atoms with E-state index in [2.05, 4.69) is 24.3 Å². The first-order chi connectivity index (χ1) is 14.4. The Morgan fingerprint density at radius 1 is 1.20 bits per heavy atom. The van der Waals surface area contributed by atoms with Crippen molar-refractivity contribution < 1.29 is 14.3 Å². The molecule has 3 N–H and O–H groups in total. The normalized spacial score (nSPS) is 11.9. The van der Waals surface area contributed by atoms with Crippen molar-refractivity contribution in [3.05, 3.63) is 60.3 Å². The van der Waals surface area contributed by atoms with E-state index in [9.17, 15) is 4.79 Å². The molecule has 0 bridgehead atoms. The molecule has 0 saturated carbocycles. The molecule has 2 aromatic carbocycles. The number of methoxy groups -OCH3 is 1. The van der Waals surface area contributed by atoms with E-state index < -0.39 is 0 Å². The van der Waals surface area contributed by atoms with E-state index >= 15 is 0 Å². The van der Waals surface area contributed by atoms with Crippen molar-refractivity contribution >= 4 is 11.6 Å². The van der Waals surface area contributed by atoms with Gasteiger partial charge in [0.15, 0.2) is 0 Å². The number of ether oxygens (including phenoxy) is 2. The quantitative estimate of drug-likeness (QED) is 0.593. The third-order valence-corrected chi connectivity index (χ3v) is 4.95. The SMILES string of the molecule is COc1cccc(C(=O)Nc2ccc(OCC(N)C(C)C)c(-c3ccnn3C)c2)c1. The van der Waals surface area contributed by atoms with Crippen LogP contribution in [-0.2, 0) is 7.05 Å². The van der Waals surface area contributed by atoms with E-state index in [1.165, 1.54) is 0 Å². The summed E-state index contributed by atoms with van der Waals surface area (Å²) < 4.78 is 13.0. The molecule has 0 saturated heterocycles. The molecule has 0 aliphatic rings. The van der Waals surface area contributed by atoms with Crippen LogP contribution in [0.3, 0.4) is 0 Å². The smallest absolute Gasteiger partial charge is 0.255 e. The molecule has 7 nitrogen and oxygen atoms in total. The second kappa shape index (κ2) is 9.45. The Hall–Kier alpha value is -3.32. The van der Waals surface area contributed by atoms with E-state index in [0.29, 0.717) is 35.3 Å². The highest BCUT2D eigenvalue weighted by Gasteiger charge is 2.15. The summed E-state index contributed by atoms with van der Waals surface area (Å²) >= 11 is 0. The molecule has 158 valence electrons. The minimum atomic E-state index is -0.222. The largest absolute Gasteiger partial charge is 0.497 e. The zero-order chi connectivity index (χ0) is 21.7. The van der Waals surface area contributed by atoms with E-state index in [1.54, 1.807) is 42.3 Å². The highest BCUT2D eigenvalue weighted by molar-refractivity contribution is 6.04. The topological polar surface area (TPSA) is 91.4 Å². The maximum absolute atomic E-state index is 12.7. The third kappa shape index (κ3) is 4.99. The average molecular weight is 409 g/mol. The van der Waals surface area contributed by atoms with E-state index in [4.69, 9.17) is 15.2 Å². The summed E-state index contributed by atoms with van der Waals surface area (Å²) in [6.45, 7) is 4.53. The fourth-order valence-corrected chi connectivity index (χ4v) is 2.92. The summed E-state index contributed by atoms with van der Waals surface area (Å²) in [5, 5.41) is 7.19. The lowest BCUT2D eigenvalue weighted by atomic mass is 10.1. The van der Waals surface area contributed by atoms with Gasteiger partial charge in [-0.2, -0.15) is 5.10 Å². The maximum atomic E-state index is 12.7. The van der Waals surface area contributed by atoms with Gasteiger partial charge in [0.2, 0.25) is 0 Å². The summed E-state index contributed by atoms with van der Waals surface area (Å²) in [4.78, 5) is 12.7. The number of carbonyl (C=O) groups excluding carboxylic acids is 1. The van der Waals surface area contributed by atoms with Crippen molar-refractivity contribution in [1.29, 1.82) is 0 Å². The summed E-state index contributed by atoms with van der Waals surface area (Å²) in [5.41, 5.74) is 9.01. The highest BCUT2D eigenvalue weighted by Crippen LogP contribution is 2.33. The predicted octanol–water partition coefficient (Wildman–Crippen LogP) is 3.71. The number of aromatic nitrogens is 2. The minimum absolute atomic E-state index is 0.0724. The maximum Gasteiger partial charge on any atom is 0.255 e. The van der Waals surface area contributed by atoms with Gasteiger partial charge in [-0.1, -0.05) is 19.9 Å². The minimum Gasteiger partial charge on any atom is -0.497 e. The van der Waals surface area contributed by atoms with E-state index in [1.807, 2.05) is 31.3 Å². The number of carbonyl (C=O) groups is 1. The number of nitrogens with one attached hydrogen (secondary N) is 1. The summed E-state index contributed by atoms with van der Waals surface area (Å²) in [6.07, 6.45) is 1.72. The van der Waals surface area contributed by atoms with Gasteiger partial charge in [-0.25, -0.2) is 0 Å². The van der Waals surface area contributed by atoms with Gasteiger partial charge < -0.3 is 20.5 Å². The van der Waals surface area contributed by atoms with E-state index in [-0.39, 0.29) is 11.9 Å². The van der Waals surface area contributed by atoms with Gasteiger partial charge in [0, 0.05) is 36.1 Å². The van der Waals surface area contributed by atoms with Gasteiger partial charge in [-0.05, 0) is 48.4 Å². The second-order valence-corrected chi connectivity index (χ2v) is 7.46. The standard InChI is InChI=1S/C23H28N4O3/c1-15(2)20(24)14-30-22-9-8-17(13-19(22)21-10-11-25-27(21)3)26-23(28)16-6-5-7-18(12-16)29-4/h5-13,15,20H,14,24H2,1-4H3,(H,26,28). The van der Waals surface area contributed by atoms with Crippen LogP contribution in [0, 0.1) is 5.92 Å². The number of hydrogen-bond acceptors (Lipinski definition) is 5. The zero-order valence-corrected chi connectivity index (χ0v) is 17.8. The van der Waals surface area contributed by atoms with Crippen LogP contribution in [0.1, 0.15) is 24.2 Å². The Labute approximate surface area is 176 Å². The van der Waals surface area contributed by atoms with Crippen molar-refractivity contribution in [2.24, 2.45) is 18.7 Å². The van der Waals surface area contributed by atoms with Crippen molar-refractivity contribution in [3.63, 3.8) is 0 Å². The van der Waals surface area contributed by atoms with Gasteiger partial charge in [0.05, 0.1) is 12.8 Å². The molecule has 7 heteroatoms. The number of nitrogens with zero attached hydrogens (tertiary/aromatic N) is 2. The van der Waals surface area contributed by atoms with Crippen molar-refractivity contribution in [2.45, 2.75) is 19.9 Å². The van der Waals surface area contributed by atoms with Crippen LogP contribution in [0.5, 0.6) is 11.5 Å². The van der Waals surface area contributed by atoms with Crippen LogP contribution in [0.2, 0.25) is 0 Å². The summed E-state index contributed by atoms with van der Waals surface area (Å²) in [7, 11) is 3.43. The molecule has 1 amide bonds. The summed E-state index contributed by atoms with van der Waals surface area (Å²) in [6, 6.07) is 14.4. The Morgan fingerprint density at radius 3 is 2.67 bits per heavy atom. The van der Waals surface area contributed by atoms with Crippen molar-refractivity contribution in [3.8, 4) is 22.8 Å². The van der Waals surface area contributed by atoms with E-state index in [0.717, 1.165) is 11.3 Å². The molecule has 1 unspecified atom stereocenters.